The van der Waals surface area contributed by atoms with Gasteiger partial charge < -0.3 is 10.2 Å². The molecule has 18 heavy (non-hydrogen) atoms. The van der Waals surface area contributed by atoms with E-state index in [2.05, 4.69) is 0 Å². The van der Waals surface area contributed by atoms with E-state index >= 15 is 0 Å². The van der Waals surface area contributed by atoms with Crippen molar-refractivity contribution in [1.29, 1.82) is 0 Å². The van der Waals surface area contributed by atoms with Crippen LogP contribution in [0.4, 0.5) is 4.39 Å². The molecule has 1 aromatic carbocycles. The summed E-state index contributed by atoms with van der Waals surface area (Å²) >= 11 is 0. The first-order valence-corrected chi connectivity index (χ1v) is 6.34. The highest BCUT2D eigenvalue weighted by molar-refractivity contribution is 7.89. The van der Waals surface area contributed by atoms with Crippen LogP contribution in [0.25, 0.3) is 0 Å². The number of benzene rings is 1. The number of rotatable bonds is 5. The van der Waals surface area contributed by atoms with Crippen molar-refractivity contribution in [3.05, 3.63) is 29.6 Å². The lowest BCUT2D eigenvalue weighted by Crippen LogP contribution is -2.29. The summed E-state index contributed by atoms with van der Waals surface area (Å²) in [5, 5.41) is 17.4. The number of aliphatic hydroxyl groups is 1. The van der Waals surface area contributed by atoms with Crippen molar-refractivity contribution in [2.75, 3.05) is 20.2 Å². The Morgan fingerprint density at radius 3 is 2.56 bits per heavy atom. The van der Waals surface area contributed by atoms with E-state index in [1.165, 1.54) is 7.05 Å². The van der Waals surface area contributed by atoms with E-state index in [1.54, 1.807) is 0 Å². The fourth-order valence-corrected chi connectivity index (χ4v) is 2.46. The Morgan fingerprint density at radius 1 is 1.44 bits per heavy atom. The summed E-state index contributed by atoms with van der Waals surface area (Å²) in [6, 6.07) is 2.51. The van der Waals surface area contributed by atoms with Crippen LogP contribution in [0, 0.1) is 5.82 Å². The van der Waals surface area contributed by atoms with Gasteiger partial charge in [0, 0.05) is 13.6 Å². The maximum absolute atomic E-state index is 13.1. The predicted octanol–water partition coefficient (Wildman–Crippen LogP) is 0.137. The third-order valence-electron chi connectivity index (χ3n) is 2.29. The van der Waals surface area contributed by atoms with Crippen LogP contribution < -0.4 is 0 Å². The average molecular weight is 277 g/mol. The van der Waals surface area contributed by atoms with Gasteiger partial charge in [-0.15, -0.1) is 0 Å². The second kappa shape index (κ2) is 5.42. The lowest BCUT2D eigenvalue weighted by atomic mass is 10.2. The number of likely N-dealkylation sites (N-methyl/N-ethyl adjacent to an activating group) is 1. The lowest BCUT2D eigenvalue weighted by molar-refractivity contribution is 0.0691. The largest absolute Gasteiger partial charge is 0.478 e. The molecule has 0 saturated carbocycles. The SMILES string of the molecule is CN(CCO)S(=O)(=O)c1ccc(F)c(C(=O)O)c1. The number of carboxylic acid groups (broad SMARTS) is 1. The molecule has 0 saturated heterocycles. The Balaban J connectivity index is 3.26. The zero-order valence-electron chi connectivity index (χ0n) is 9.50. The number of aromatic carboxylic acids is 1. The van der Waals surface area contributed by atoms with E-state index < -0.39 is 27.4 Å². The molecule has 0 aliphatic rings. The molecule has 0 fully saturated rings. The summed E-state index contributed by atoms with van der Waals surface area (Å²) in [6.07, 6.45) is 0. The number of hydrogen-bond acceptors (Lipinski definition) is 4. The smallest absolute Gasteiger partial charge is 0.338 e. The molecule has 0 radical (unpaired) electrons. The molecule has 1 aromatic rings. The van der Waals surface area contributed by atoms with Crippen molar-refractivity contribution in [2.45, 2.75) is 4.90 Å². The number of aliphatic hydroxyl groups excluding tert-OH is 1. The van der Waals surface area contributed by atoms with E-state index in [0.717, 1.165) is 22.5 Å². The van der Waals surface area contributed by atoms with Crippen molar-refractivity contribution >= 4 is 16.0 Å². The Hall–Kier alpha value is -1.51. The summed E-state index contributed by atoms with van der Waals surface area (Å²) in [5.41, 5.74) is -0.714. The molecule has 0 spiro atoms. The van der Waals surface area contributed by atoms with Crippen molar-refractivity contribution in [3.63, 3.8) is 0 Å². The first-order chi connectivity index (χ1) is 8.30. The second-order valence-corrected chi connectivity index (χ2v) is 5.54. The first-order valence-electron chi connectivity index (χ1n) is 4.90. The highest BCUT2D eigenvalue weighted by Crippen LogP contribution is 2.18. The zero-order valence-corrected chi connectivity index (χ0v) is 10.3. The van der Waals surface area contributed by atoms with Crippen LogP contribution in [-0.2, 0) is 10.0 Å². The molecule has 6 nitrogen and oxygen atoms in total. The van der Waals surface area contributed by atoms with Crippen molar-refractivity contribution in [1.82, 2.24) is 4.31 Å². The maximum atomic E-state index is 13.1. The molecule has 1 rings (SSSR count). The van der Waals surface area contributed by atoms with Gasteiger partial charge >= 0.3 is 5.97 Å². The van der Waals surface area contributed by atoms with Crippen LogP contribution in [0.1, 0.15) is 10.4 Å². The molecule has 0 unspecified atom stereocenters. The normalized spacial score (nSPS) is 11.8. The summed E-state index contributed by atoms with van der Waals surface area (Å²) in [5.74, 6) is -2.55. The van der Waals surface area contributed by atoms with Gasteiger partial charge in [0.05, 0.1) is 17.1 Å². The van der Waals surface area contributed by atoms with Crippen molar-refractivity contribution in [3.8, 4) is 0 Å². The minimum absolute atomic E-state index is 0.137. The number of carbonyl (C=O) groups is 1. The van der Waals surface area contributed by atoms with Gasteiger partial charge in [-0.2, -0.15) is 4.31 Å². The van der Waals surface area contributed by atoms with Crippen LogP contribution in [0.5, 0.6) is 0 Å². The van der Waals surface area contributed by atoms with Gasteiger partial charge in [0.25, 0.3) is 0 Å². The topological polar surface area (TPSA) is 94.9 Å². The number of hydrogen-bond donors (Lipinski definition) is 2. The van der Waals surface area contributed by atoms with Gasteiger partial charge in [-0.3, -0.25) is 0 Å². The molecule has 2 N–H and O–H groups in total. The average Bonchev–Trinajstić information content (AvgIpc) is 2.29. The molecule has 0 aromatic heterocycles. The van der Waals surface area contributed by atoms with Gasteiger partial charge in [0.2, 0.25) is 10.0 Å². The maximum Gasteiger partial charge on any atom is 0.338 e. The Kier molecular flexibility index (Phi) is 4.38. The molecule has 0 aliphatic heterocycles. The number of nitrogens with zero attached hydrogens (tertiary/aromatic N) is 1. The number of carboxylic acids is 1. The fourth-order valence-electron chi connectivity index (χ4n) is 1.27. The van der Waals surface area contributed by atoms with E-state index in [-0.39, 0.29) is 18.0 Å². The highest BCUT2D eigenvalue weighted by atomic mass is 32.2. The van der Waals surface area contributed by atoms with Gasteiger partial charge in [-0.05, 0) is 18.2 Å². The minimum atomic E-state index is -3.93. The first kappa shape index (κ1) is 14.6. The van der Waals surface area contributed by atoms with Gasteiger partial charge in [-0.25, -0.2) is 17.6 Å². The van der Waals surface area contributed by atoms with Gasteiger partial charge in [0.15, 0.2) is 0 Å². The monoisotopic (exact) mass is 277 g/mol. The molecule has 0 heterocycles. The third-order valence-corrected chi connectivity index (χ3v) is 4.14. The number of sulfonamides is 1. The molecule has 0 bridgehead atoms. The lowest BCUT2D eigenvalue weighted by Gasteiger charge is -2.16. The quantitative estimate of drug-likeness (QED) is 0.798. The summed E-state index contributed by atoms with van der Waals surface area (Å²) < 4.78 is 37.8. The Labute approximate surface area is 103 Å². The molecular formula is C10H12FNO5S. The summed E-state index contributed by atoms with van der Waals surface area (Å²) in [4.78, 5) is 10.4. The van der Waals surface area contributed by atoms with Gasteiger partial charge in [0.1, 0.15) is 5.82 Å². The fraction of sp³-hybridized carbons (Fsp3) is 0.300. The summed E-state index contributed by atoms with van der Waals surface area (Å²) in [7, 11) is -2.70. The molecule has 100 valence electrons. The molecule has 0 amide bonds. The van der Waals surface area contributed by atoms with E-state index in [1.807, 2.05) is 0 Å². The molecule has 0 aliphatic carbocycles. The Bertz CT molecular complexity index is 557. The number of halogens is 1. The van der Waals surface area contributed by atoms with E-state index in [0.29, 0.717) is 0 Å². The van der Waals surface area contributed by atoms with Crippen LogP contribution in [-0.4, -0.2) is 49.1 Å². The van der Waals surface area contributed by atoms with Gasteiger partial charge in [-0.1, -0.05) is 0 Å². The Morgan fingerprint density at radius 2 is 2.06 bits per heavy atom. The minimum Gasteiger partial charge on any atom is -0.478 e. The predicted molar refractivity (Wildman–Crippen MR) is 60.3 cm³/mol. The molecule has 0 atom stereocenters. The second-order valence-electron chi connectivity index (χ2n) is 3.50. The molecular weight excluding hydrogens is 265 g/mol. The van der Waals surface area contributed by atoms with Crippen molar-refractivity contribution in [2.24, 2.45) is 0 Å². The van der Waals surface area contributed by atoms with E-state index in [9.17, 15) is 17.6 Å². The van der Waals surface area contributed by atoms with E-state index in [4.69, 9.17) is 10.2 Å². The van der Waals surface area contributed by atoms with Crippen LogP contribution in [0.15, 0.2) is 23.1 Å². The van der Waals surface area contributed by atoms with Crippen LogP contribution >= 0.6 is 0 Å². The van der Waals surface area contributed by atoms with Crippen LogP contribution in [0.2, 0.25) is 0 Å². The van der Waals surface area contributed by atoms with Crippen LogP contribution in [0.3, 0.4) is 0 Å². The standard InChI is InChI=1S/C10H12FNO5S/c1-12(4-5-13)18(16,17)7-2-3-9(11)8(6-7)10(14)15/h2-3,6,13H,4-5H2,1H3,(H,14,15). The third kappa shape index (κ3) is 2.84. The zero-order chi connectivity index (χ0) is 13.9. The molecule has 8 heteroatoms. The summed E-state index contributed by atoms with van der Waals surface area (Å²) in [6.45, 7) is -0.509. The van der Waals surface area contributed by atoms with Crippen molar-refractivity contribution < 1.29 is 27.8 Å². The highest BCUT2D eigenvalue weighted by Gasteiger charge is 2.23.